The summed E-state index contributed by atoms with van der Waals surface area (Å²) in [6, 6.07) is 0. The summed E-state index contributed by atoms with van der Waals surface area (Å²) in [6.07, 6.45) is 7.15. The van der Waals surface area contributed by atoms with Crippen LogP contribution in [0.2, 0.25) is 4.44 Å². The van der Waals surface area contributed by atoms with Crippen LogP contribution in [0.3, 0.4) is 0 Å². The Morgan fingerprint density at radius 3 is 2.53 bits per heavy atom. The summed E-state index contributed by atoms with van der Waals surface area (Å²) < 4.78 is 6.58. The first-order chi connectivity index (χ1) is 9.13. The zero-order valence-corrected chi connectivity index (χ0v) is 17.1. The third-order valence-electron chi connectivity index (χ3n) is 3.11. The van der Waals surface area contributed by atoms with Gasteiger partial charge in [-0.25, -0.2) is 0 Å². The van der Waals surface area contributed by atoms with Gasteiger partial charge >= 0.3 is 132 Å². The second kappa shape index (κ2) is 13.8. The van der Waals surface area contributed by atoms with Crippen LogP contribution >= 0.6 is 18.2 Å². The summed E-state index contributed by atoms with van der Waals surface area (Å²) in [6.45, 7) is 7.15. The topological polar surface area (TPSA) is 26.3 Å². The Balaban J connectivity index is 3.70. The number of esters is 1. The van der Waals surface area contributed by atoms with Gasteiger partial charge in [0.1, 0.15) is 0 Å². The molecule has 0 aromatic carbocycles. The van der Waals surface area contributed by atoms with Crippen LogP contribution in [0.1, 0.15) is 59.3 Å². The van der Waals surface area contributed by atoms with Crippen molar-refractivity contribution in [1.82, 2.24) is 0 Å². The summed E-state index contributed by atoms with van der Waals surface area (Å²) in [5.74, 6) is 0.974. The number of unbranched alkanes of at least 4 members (excludes halogenated alkanes) is 2. The Morgan fingerprint density at radius 1 is 1.26 bits per heavy atom. The number of carbonyl (C=O) groups excluding carboxylic acids is 1. The normalized spacial score (nSPS) is 12.2. The number of rotatable bonds is 12. The molecule has 0 rings (SSSR count). The molecule has 1 unspecified atom stereocenters. The number of carbonyl (C=O) groups is 1. The first-order valence-electron chi connectivity index (χ1n) is 7.45. The summed E-state index contributed by atoms with van der Waals surface area (Å²) in [4.78, 5) is 11.7. The standard InChI is InChI=1S/C10H20O2S.C4H9.S.Sn/c1-3-5-6-9(4-2)7-12-10(11)8-13;1-3-4-2;;/h9,13H,3-8H2,1-2H3;1,3-4H2,2H3;;/q;;;+1/p-1. The molecule has 0 heterocycles. The van der Waals surface area contributed by atoms with Crippen molar-refractivity contribution in [2.45, 2.75) is 63.7 Å². The minimum absolute atomic E-state index is 0.0561. The second-order valence-corrected chi connectivity index (χ2v) is 19.8. The molecular formula is C14H28O2S2Sn. The molecule has 0 aliphatic heterocycles. The molecule has 0 aliphatic rings. The van der Waals surface area contributed by atoms with Gasteiger partial charge in [-0.05, 0) is 0 Å². The van der Waals surface area contributed by atoms with Gasteiger partial charge in [-0.3, -0.25) is 0 Å². The van der Waals surface area contributed by atoms with Crippen LogP contribution in [0.4, 0.5) is 0 Å². The van der Waals surface area contributed by atoms with Gasteiger partial charge < -0.3 is 0 Å². The molecule has 0 fully saturated rings. The van der Waals surface area contributed by atoms with Crippen molar-refractivity contribution in [3.8, 4) is 0 Å². The van der Waals surface area contributed by atoms with Gasteiger partial charge in [-0.1, -0.05) is 0 Å². The van der Waals surface area contributed by atoms with E-state index in [9.17, 15) is 4.79 Å². The summed E-state index contributed by atoms with van der Waals surface area (Å²) in [5.41, 5.74) is 0. The molecule has 0 amide bonds. The Morgan fingerprint density at radius 2 is 1.95 bits per heavy atom. The van der Waals surface area contributed by atoms with Gasteiger partial charge in [0.15, 0.2) is 0 Å². The van der Waals surface area contributed by atoms with Crippen LogP contribution in [0, 0.1) is 5.92 Å². The fourth-order valence-electron chi connectivity index (χ4n) is 1.68. The van der Waals surface area contributed by atoms with E-state index in [-0.39, 0.29) is 5.97 Å². The van der Waals surface area contributed by atoms with E-state index >= 15 is 0 Å². The molecule has 1 atom stereocenters. The third-order valence-corrected chi connectivity index (χ3v) is 15.1. The van der Waals surface area contributed by atoms with Crippen LogP contribution in [-0.2, 0) is 9.53 Å². The predicted octanol–water partition coefficient (Wildman–Crippen LogP) is 4.97. The Bertz CT molecular complexity index is 260. The molecule has 0 saturated carbocycles. The Labute approximate surface area is 131 Å². The predicted molar refractivity (Wildman–Crippen MR) is 89.8 cm³/mol. The molecule has 0 spiro atoms. The van der Waals surface area contributed by atoms with E-state index in [1.165, 1.54) is 36.5 Å². The average molecular weight is 411 g/mol. The molecule has 0 saturated heterocycles. The van der Waals surface area contributed by atoms with Crippen molar-refractivity contribution in [3.63, 3.8) is 0 Å². The number of hydrogen-bond acceptors (Lipinski definition) is 4. The van der Waals surface area contributed by atoms with Crippen molar-refractivity contribution in [3.05, 3.63) is 0 Å². The fraction of sp³-hybridized carbons (Fsp3) is 0.929. The molecule has 0 aromatic rings. The zero-order valence-electron chi connectivity index (χ0n) is 12.6. The maximum atomic E-state index is 11.7. The molecule has 19 heavy (non-hydrogen) atoms. The molecule has 112 valence electrons. The van der Waals surface area contributed by atoms with Crippen LogP contribution < -0.4 is 0 Å². The van der Waals surface area contributed by atoms with Crippen LogP contribution in [0.15, 0.2) is 0 Å². The molecule has 0 bridgehead atoms. The number of hydrogen-bond donors (Lipinski definition) is 0. The van der Waals surface area contributed by atoms with Crippen molar-refractivity contribution in [2.24, 2.45) is 5.92 Å². The van der Waals surface area contributed by atoms with E-state index < -0.39 is 16.4 Å². The zero-order chi connectivity index (χ0) is 14.5. The third kappa shape index (κ3) is 12.3. The molecule has 2 nitrogen and oxygen atoms in total. The average Bonchev–Trinajstić information content (AvgIpc) is 2.43. The van der Waals surface area contributed by atoms with Crippen molar-refractivity contribution in [2.75, 3.05) is 12.4 Å². The molecule has 0 aromatic heterocycles. The Hall–Kier alpha value is 0.839. The van der Waals surface area contributed by atoms with Crippen LogP contribution in [-0.4, -0.2) is 34.8 Å². The van der Waals surface area contributed by atoms with E-state index in [1.54, 1.807) is 8.95 Å². The fourth-order valence-corrected chi connectivity index (χ4v) is 10.8. The molecule has 0 radical (unpaired) electrons. The second-order valence-electron chi connectivity index (χ2n) is 4.86. The van der Waals surface area contributed by atoms with E-state index in [1.807, 2.05) is 0 Å². The van der Waals surface area contributed by atoms with Gasteiger partial charge in [-0.15, -0.1) is 0 Å². The molecular weight excluding hydrogens is 383 g/mol. The quantitative estimate of drug-likeness (QED) is 0.335. The van der Waals surface area contributed by atoms with Crippen LogP contribution in [0.25, 0.3) is 0 Å². The van der Waals surface area contributed by atoms with Gasteiger partial charge in [0.2, 0.25) is 0 Å². The van der Waals surface area contributed by atoms with E-state index in [0.29, 0.717) is 18.3 Å². The minimum atomic E-state index is -1.69. The van der Waals surface area contributed by atoms with Crippen molar-refractivity contribution >= 4 is 40.6 Å². The van der Waals surface area contributed by atoms with Crippen LogP contribution in [0.5, 0.6) is 0 Å². The Kier molecular flexibility index (Phi) is 14.4. The maximum absolute atomic E-state index is 11.7. The first kappa shape index (κ1) is 19.8. The monoisotopic (exact) mass is 412 g/mol. The summed E-state index contributed by atoms with van der Waals surface area (Å²) in [7, 11) is 7.23. The van der Waals surface area contributed by atoms with E-state index in [2.05, 4.69) is 20.8 Å². The van der Waals surface area contributed by atoms with Gasteiger partial charge in [0.05, 0.1) is 0 Å². The number of ether oxygens (including phenoxy) is 1. The summed E-state index contributed by atoms with van der Waals surface area (Å²) in [5, 5.41) is 0. The summed E-state index contributed by atoms with van der Waals surface area (Å²) >= 11 is -1.69. The van der Waals surface area contributed by atoms with Gasteiger partial charge in [0, 0.05) is 0 Å². The van der Waals surface area contributed by atoms with Crippen molar-refractivity contribution < 1.29 is 9.53 Å². The van der Waals surface area contributed by atoms with E-state index in [4.69, 9.17) is 14.0 Å². The SMILES string of the molecule is CCCCC(CC)COC(=O)C[S][Sn](=[S])[CH2]CCC. The van der Waals surface area contributed by atoms with Crippen molar-refractivity contribution in [1.29, 1.82) is 0 Å². The molecule has 0 aliphatic carbocycles. The molecule has 0 N–H and O–H groups in total. The first-order valence-corrected chi connectivity index (χ1v) is 17.9. The molecule has 5 heteroatoms. The van der Waals surface area contributed by atoms with Gasteiger partial charge in [-0.2, -0.15) is 0 Å². The van der Waals surface area contributed by atoms with Gasteiger partial charge in [0.25, 0.3) is 0 Å². The van der Waals surface area contributed by atoms with E-state index in [0.717, 1.165) is 6.42 Å².